The Bertz CT molecular complexity index is 393. The molecule has 0 aromatic heterocycles. The maximum atomic E-state index is 12.0. The highest BCUT2D eigenvalue weighted by atomic mass is 32.2. The summed E-state index contributed by atoms with van der Waals surface area (Å²) in [6.45, 7) is 6.88. The molecule has 102 valence electrons. The molecule has 0 aliphatic carbocycles. The van der Waals surface area contributed by atoms with Crippen LogP contribution in [0.4, 0.5) is 0 Å². The van der Waals surface area contributed by atoms with Crippen molar-refractivity contribution in [2.45, 2.75) is 32.1 Å². The van der Waals surface area contributed by atoms with Crippen LogP contribution in [0.1, 0.15) is 32.4 Å². The van der Waals surface area contributed by atoms with E-state index in [1.807, 2.05) is 38.1 Å². The molecule has 1 rings (SSSR count). The molecule has 1 aromatic carbocycles. The van der Waals surface area contributed by atoms with E-state index in [2.05, 4.69) is 12.2 Å². The summed E-state index contributed by atoms with van der Waals surface area (Å²) in [5.41, 5.74) is 1.08. The van der Waals surface area contributed by atoms with Crippen molar-refractivity contribution in [3.63, 3.8) is 0 Å². The Balaban J connectivity index is 2.93. The quantitative estimate of drug-likeness (QED) is 0.826. The molecule has 0 spiro atoms. The molecule has 0 saturated heterocycles. The maximum absolute atomic E-state index is 12.0. The Morgan fingerprint density at radius 1 is 1.33 bits per heavy atom. The van der Waals surface area contributed by atoms with E-state index in [0.717, 1.165) is 17.9 Å². The normalized spacial score (nSPS) is 14.5. The third-order valence-corrected chi connectivity index (χ3v) is 4.54. The van der Waals surface area contributed by atoms with Crippen molar-refractivity contribution >= 4 is 10.8 Å². The molecular weight excluding hydrogens is 246 g/mol. The van der Waals surface area contributed by atoms with Crippen LogP contribution in [0.25, 0.3) is 0 Å². The van der Waals surface area contributed by atoms with Gasteiger partial charge < -0.3 is 10.1 Å². The van der Waals surface area contributed by atoms with Crippen molar-refractivity contribution in [1.82, 2.24) is 5.32 Å². The molecule has 0 aliphatic heterocycles. The summed E-state index contributed by atoms with van der Waals surface area (Å²) >= 11 is 0. The first-order valence-corrected chi connectivity index (χ1v) is 7.71. The number of hydrogen-bond acceptors (Lipinski definition) is 3. The molecule has 1 aromatic rings. The minimum absolute atomic E-state index is 0.0781. The lowest BCUT2D eigenvalue weighted by Crippen LogP contribution is -2.28. The third kappa shape index (κ3) is 4.10. The van der Waals surface area contributed by atoms with Gasteiger partial charge in [0.25, 0.3) is 0 Å². The van der Waals surface area contributed by atoms with Crippen LogP contribution in [0.2, 0.25) is 0 Å². The van der Waals surface area contributed by atoms with Gasteiger partial charge in [-0.15, -0.1) is 0 Å². The molecule has 0 aliphatic rings. The molecule has 0 radical (unpaired) electrons. The molecule has 2 unspecified atom stereocenters. The van der Waals surface area contributed by atoms with Gasteiger partial charge in [-0.1, -0.05) is 39.0 Å². The zero-order valence-electron chi connectivity index (χ0n) is 11.6. The summed E-state index contributed by atoms with van der Waals surface area (Å²) in [4.78, 5) is 0. The van der Waals surface area contributed by atoms with E-state index in [-0.39, 0.29) is 11.3 Å². The fourth-order valence-corrected chi connectivity index (χ4v) is 2.83. The van der Waals surface area contributed by atoms with Crippen molar-refractivity contribution in [1.29, 1.82) is 0 Å². The SMILES string of the molecule is CCNC(CS(=O)C(C)C)c1ccccc1OC. The predicted octanol–water partition coefficient (Wildman–Crippen LogP) is 2.50. The van der Waals surface area contributed by atoms with E-state index < -0.39 is 10.8 Å². The van der Waals surface area contributed by atoms with Gasteiger partial charge in [0.2, 0.25) is 0 Å². The van der Waals surface area contributed by atoms with Crippen LogP contribution in [-0.4, -0.2) is 28.9 Å². The van der Waals surface area contributed by atoms with E-state index in [1.165, 1.54) is 0 Å². The maximum Gasteiger partial charge on any atom is 0.123 e. The Morgan fingerprint density at radius 3 is 2.56 bits per heavy atom. The smallest absolute Gasteiger partial charge is 0.123 e. The second-order valence-electron chi connectivity index (χ2n) is 4.45. The third-order valence-electron chi connectivity index (χ3n) is 2.82. The summed E-state index contributed by atoms with van der Waals surface area (Å²) in [5, 5.41) is 3.57. The molecule has 0 amide bonds. The summed E-state index contributed by atoms with van der Waals surface area (Å²) in [6.07, 6.45) is 0. The van der Waals surface area contributed by atoms with Gasteiger partial charge in [-0.3, -0.25) is 4.21 Å². The number of nitrogens with one attached hydrogen (secondary N) is 1. The molecule has 0 heterocycles. The number of methoxy groups -OCH3 is 1. The molecule has 0 saturated carbocycles. The summed E-state index contributed by atoms with van der Waals surface area (Å²) in [6, 6.07) is 7.99. The Kier molecular flexibility index (Phi) is 6.36. The van der Waals surface area contributed by atoms with E-state index in [4.69, 9.17) is 4.74 Å². The minimum Gasteiger partial charge on any atom is -0.496 e. The van der Waals surface area contributed by atoms with Crippen LogP contribution in [-0.2, 0) is 10.8 Å². The monoisotopic (exact) mass is 269 g/mol. The molecule has 4 heteroatoms. The second kappa shape index (κ2) is 7.54. The predicted molar refractivity (Wildman–Crippen MR) is 77.6 cm³/mol. The van der Waals surface area contributed by atoms with E-state index in [1.54, 1.807) is 7.11 Å². The van der Waals surface area contributed by atoms with Crippen LogP contribution in [0.15, 0.2) is 24.3 Å². The standard InChI is InChI=1S/C14H23NO2S/c1-5-15-13(10-18(16)11(2)3)12-8-6-7-9-14(12)17-4/h6-9,11,13,15H,5,10H2,1-4H3. The molecule has 2 atom stereocenters. The lowest BCUT2D eigenvalue weighted by atomic mass is 10.1. The highest BCUT2D eigenvalue weighted by Gasteiger charge is 2.19. The van der Waals surface area contributed by atoms with Crippen LogP contribution in [0, 0.1) is 0 Å². The van der Waals surface area contributed by atoms with Gasteiger partial charge in [0.05, 0.1) is 7.11 Å². The number of hydrogen-bond donors (Lipinski definition) is 1. The zero-order chi connectivity index (χ0) is 13.5. The average Bonchev–Trinajstić information content (AvgIpc) is 2.38. The summed E-state index contributed by atoms with van der Waals surface area (Å²) in [7, 11) is 0.836. The van der Waals surface area contributed by atoms with Crippen LogP contribution in [0.5, 0.6) is 5.75 Å². The Hall–Kier alpha value is -0.870. The van der Waals surface area contributed by atoms with E-state index in [0.29, 0.717) is 5.75 Å². The van der Waals surface area contributed by atoms with Gasteiger partial charge in [-0.05, 0) is 12.6 Å². The topological polar surface area (TPSA) is 38.3 Å². The molecular formula is C14H23NO2S. The molecule has 0 fully saturated rings. The summed E-state index contributed by atoms with van der Waals surface area (Å²) < 4.78 is 17.4. The van der Waals surface area contributed by atoms with Gasteiger partial charge in [0.15, 0.2) is 0 Å². The minimum atomic E-state index is -0.832. The van der Waals surface area contributed by atoms with Crippen LogP contribution >= 0.6 is 0 Å². The van der Waals surface area contributed by atoms with Gasteiger partial charge in [0, 0.05) is 33.4 Å². The largest absolute Gasteiger partial charge is 0.496 e. The number of ether oxygens (including phenoxy) is 1. The number of benzene rings is 1. The molecule has 1 N–H and O–H groups in total. The average molecular weight is 269 g/mol. The molecule has 0 bridgehead atoms. The molecule has 18 heavy (non-hydrogen) atoms. The number of rotatable bonds is 7. The first-order chi connectivity index (χ1) is 8.60. The van der Waals surface area contributed by atoms with Gasteiger partial charge >= 0.3 is 0 Å². The number of para-hydroxylation sites is 1. The summed E-state index contributed by atoms with van der Waals surface area (Å²) in [5.74, 6) is 1.47. The van der Waals surface area contributed by atoms with Gasteiger partial charge in [-0.2, -0.15) is 0 Å². The lowest BCUT2D eigenvalue weighted by molar-refractivity contribution is 0.402. The fraction of sp³-hybridized carbons (Fsp3) is 0.571. The van der Waals surface area contributed by atoms with Crippen molar-refractivity contribution in [2.24, 2.45) is 0 Å². The zero-order valence-corrected chi connectivity index (χ0v) is 12.4. The van der Waals surface area contributed by atoms with Gasteiger partial charge in [0.1, 0.15) is 5.75 Å². The Morgan fingerprint density at radius 2 is 2.00 bits per heavy atom. The van der Waals surface area contributed by atoms with E-state index in [9.17, 15) is 4.21 Å². The van der Waals surface area contributed by atoms with Crippen molar-refractivity contribution in [2.75, 3.05) is 19.4 Å². The highest BCUT2D eigenvalue weighted by molar-refractivity contribution is 7.85. The Labute approximate surface area is 112 Å². The van der Waals surface area contributed by atoms with Crippen molar-refractivity contribution in [3.05, 3.63) is 29.8 Å². The van der Waals surface area contributed by atoms with Crippen molar-refractivity contribution in [3.8, 4) is 5.75 Å². The second-order valence-corrected chi connectivity index (χ2v) is 6.49. The van der Waals surface area contributed by atoms with E-state index >= 15 is 0 Å². The molecule has 3 nitrogen and oxygen atoms in total. The fourth-order valence-electron chi connectivity index (χ4n) is 1.82. The lowest BCUT2D eigenvalue weighted by Gasteiger charge is -2.21. The highest BCUT2D eigenvalue weighted by Crippen LogP contribution is 2.25. The first-order valence-electron chi connectivity index (χ1n) is 6.33. The van der Waals surface area contributed by atoms with Crippen molar-refractivity contribution < 1.29 is 8.95 Å². The first kappa shape index (κ1) is 15.2. The van der Waals surface area contributed by atoms with Crippen LogP contribution in [0.3, 0.4) is 0 Å². The van der Waals surface area contributed by atoms with Gasteiger partial charge in [-0.25, -0.2) is 0 Å². The van der Waals surface area contributed by atoms with Crippen LogP contribution < -0.4 is 10.1 Å².